The van der Waals surface area contributed by atoms with Crippen molar-refractivity contribution in [3.05, 3.63) is 241 Å². The van der Waals surface area contributed by atoms with Crippen molar-refractivity contribution in [1.29, 1.82) is 0 Å². The lowest BCUT2D eigenvalue weighted by atomic mass is 9.90. The quantitative estimate of drug-likeness (QED) is 0.113. The van der Waals surface area contributed by atoms with Gasteiger partial charge >= 0.3 is 0 Å². The maximum atomic E-state index is 2.58. The van der Waals surface area contributed by atoms with Gasteiger partial charge in [-0.05, 0) is 165 Å². The van der Waals surface area contributed by atoms with Crippen molar-refractivity contribution >= 4 is 129 Å². The van der Waals surface area contributed by atoms with Gasteiger partial charge in [-0.25, -0.2) is 0 Å². The lowest BCUT2D eigenvalue weighted by molar-refractivity contribution is 1.06. The molecule has 0 aliphatic carbocycles. The van der Waals surface area contributed by atoms with Crippen LogP contribution < -0.4 is 9.80 Å². The van der Waals surface area contributed by atoms with E-state index < -0.39 is 0 Å². The highest BCUT2D eigenvalue weighted by Crippen LogP contribution is 2.52. The van der Waals surface area contributed by atoms with E-state index in [1.807, 2.05) is 22.7 Å². The maximum Gasteiger partial charge on any atom is 0.0540 e. The van der Waals surface area contributed by atoms with Crippen LogP contribution in [0.25, 0.3) is 94.9 Å². The topological polar surface area (TPSA) is 6.48 Å². The molecule has 2 aromatic heterocycles. The predicted molar refractivity (Wildman–Crippen MR) is 334 cm³/mol. The fourth-order valence-electron chi connectivity index (χ4n) is 12.5. The molecule has 2 heterocycles. The van der Waals surface area contributed by atoms with Gasteiger partial charge in [0.15, 0.2) is 0 Å². The lowest BCUT2D eigenvalue weighted by Gasteiger charge is -2.33. The van der Waals surface area contributed by atoms with Gasteiger partial charge in [-0.3, -0.25) is 0 Å². The summed E-state index contributed by atoms with van der Waals surface area (Å²) in [5.74, 6) is 0. The van der Waals surface area contributed by atoms with E-state index in [0.717, 1.165) is 37.1 Å². The molecule has 0 unspecified atom stereocenters. The molecule has 0 saturated carbocycles. The molecule has 0 spiro atoms. The van der Waals surface area contributed by atoms with Crippen LogP contribution >= 0.6 is 22.7 Å². The second-order valence-electron chi connectivity index (χ2n) is 20.2. The smallest absolute Gasteiger partial charge is 0.0540 e. The summed E-state index contributed by atoms with van der Waals surface area (Å²) in [5, 5.41) is 12.9. The third kappa shape index (κ3) is 7.34. The van der Waals surface area contributed by atoms with Crippen molar-refractivity contribution in [1.82, 2.24) is 0 Å². The minimum absolute atomic E-state index is 0.896. The van der Waals surface area contributed by atoms with Crippen LogP contribution in [0, 0.1) is 0 Å². The van der Waals surface area contributed by atoms with E-state index in [2.05, 4.69) is 256 Å². The standard InChI is InChI=1S/C72H56N2S2/c1-5-45-41-51(55-27-19-29-59-57-25-15-17-31-65(57)75-71(55)59)42-46(6-2)69(45)73(53-21-11-9-12-22-53)63-39-35-49-34-38-62-64(40-36-50-33-37-61(63)67(49)68(50)62)74(54-23-13-10-14-24-54)70-47(7-3)43-52(44-48(70)8-4)56-28-20-30-60-58-26-16-18-32-66(58)76-72(56)60/h9-44H,5-8H2,1-4H3. The molecular weight excluding hydrogens is 957 g/mol. The highest BCUT2D eigenvalue weighted by atomic mass is 32.1. The average Bonchev–Trinajstić information content (AvgIpc) is 4.09. The highest BCUT2D eigenvalue weighted by Gasteiger charge is 2.27. The van der Waals surface area contributed by atoms with Crippen molar-refractivity contribution < 1.29 is 0 Å². The fraction of sp³-hybridized carbons (Fsp3) is 0.111. The fourth-order valence-corrected chi connectivity index (χ4v) is 15.0. The summed E-state index contributed by atoms with van der Waals surface area (Å²) in [6, 6.07) is 82.4. The van der Waals surface area contributed by atoms with Crippen LogP contribution in [0.15, 0.2) is 218 Å². The third-order valence-corrected chi connectivity index (χ3v) is 18.5. The molecule has 0 N–H and O–H groups in total. The summed E-state index contributed by atoms with van der Waals surface area (Å²) in [7, 11) is 0. The van der Waals surface area contributed by atoms with Crippen molar-refractivity contribution in [3.8, 4) is 22.3 Å². The number of thiophene rings is 2. The highest BCUT2D eigenvalue weighted by molar-refractivity contribution is 7.26. The average molecular weight is 1010 g/mol. The van der Waals surface area contributed by atoms with Gasteiger partial charge in [0.2, 0.25) is 0 Å². The molecule has 4 heteroatoms. The van der Waals surface area contributed by atoms with Gasteiger partial charge in [0.05, 0.1) is 22.7 Å². The number of hydrogen-bond acceptors (Lipinski definition) is 4. The van der Waals surface area contributed by atoms with E-state index in [0.29, 0.717) is 0 Å². The van der Waals surface area contributed by atoms with Crippen LogP contribution in [0.5, 0.6) is 0 Å². The molecule has 0 atom stereocenters. The Hall–Kier alpha value is -8.28. The maximum absolute atomic E-state index is 2.58. The molecule has 0 saturated heterocycles. The normalized spacial score (nSPS) is 11.9. The first kappa shape index (κ1) is 46.3. The molecule has 0 fully saturated rings. The van der Waals surface area contributed by atoms with Crippen LogP contribution in [-0.2, 0) is 25.7 Å². The van der Waals surface area contributed by atoms with Crippen LogP contribution in [0.1, 0.15) is 49.9 Å². The summed E-state index contributed by atoms with van der Waals surface area (Å²) >= 11 is 3.82. The molecule has 14 rings (SSSR count). The molecule has 0 radical (unpaired) electrons. The van der Waals surface area contributed by atoms with Crippen LogP contribution in [0.3, 0.4) is 0 Å². The van der Waals surface area contributed by atoms with Gasteiger partial charge in [-0.2, -0.15) is 0 Å². The molecule has 366 valence electrons. The predicted octanol–water partition coefficient (Wildman–Crippen LogP) is 21.8. The van der Waals surface area contributed by atoms with Gasteiger partial charge in [0.25, 0.3) is 0 Å². The van der Waals surface area contributed by atoms with E-state index in [9.17, 15) is 0 Å². The number of benzene rings is 12. The van der Waals surface area contributed by atoms with Crippen molar-refractivity contribution in [2.45, 2.75) is 53.4 Å². The zero-order valence-corrected chi connectivity index (χ0v) is 45.0. The molecule has 0 amide bonds. The summed E-state index contributed by atoms with van der Waals surface area (Å²) in [6.45, 7) is 9.29. The second kappa shape index (κ2) is 18.8. The van der Waals surface area contributed by atoms with Gasteiger partial charge in [-0.1, -0.05) is 173 Å². The molecule has 12 aromatic carbocycles. The summed E-state index contributed by atoms with van der Waals surface area (Å²) in [5.41, 5.74) is 17.8. The Bertz CT molecular complexity index is 4190. The Labute approximate surface area is 452 Å². The van der Waals surface area contributed by atoms with Crippen LogP contribution in [0.2, 0.25) is 0 Å². The first-order valence-corrected chi connectivity index (χ1v) is 28.7. The lowest BCUT2D eigenvalue weighted by Crippen LogP contribution is -2.16. The zero-order chi connectivity index (χ0) is 51.0. The number of rotatable bonds is 12. The first-order chi connectivity index (χ1) is 37.5. The Morgan fingerprint density at radius 2 is 0.671 bits per heavy atom. The molecule has 76 heavy (non-hydrogen) atoms. The van der Waals surface area contributed by atoms with Crippen molar-refractivity contribution in [2.75, 3.05) is 9.80 Å². The molecular formula is C72H56N2S2. The van der Waals surface area contributed by atoms with E-state index in [1.165, 1.54) is 140 Å². The minimum atomic E-state index is 0.896. The Kier molecular flexibility index (Phi) is 11.5. The number of anilines is 6. The summed E-state index contributed by atoms with van der Waals surface area (Å²) in [6.07, 6.45) is 3.59. The number of aryl methyl sites for hydroxylation is 4. The van der Waals surface area contributed by atoms with E-state index >= 15 is 0 Å². The number of nitrogens with zero attached hydrogens (tertiary/aromatic N) is 2. The number of hydrogen-bond donors (Lipinski definition) is 0. The molecule has 0 aliphatic heterocycles. The van der Waals surface area contributed by atoms with E-state index in [4.69, 9.17) is 0 Å². The SMILES string of the molecule is CCc1cc(-c2cccc3c2sc2ccccc23)cc(CC)c1N(c1ccccc1)c1ccc2ccc3c(N(c4ccccc4)c4c(CC)cc(-c5cccc6c5sc5ccccc56)cc4CC)ccc4ccc1c2c43. The zero-order valence-electron chi connectivity index (χ0n) is 43.3. The van der Waals surface area contributed by atoms with Gasteiger partial charge < -0.3 is 9.80 Å². The molecule has 2 nitrogen and oxygen atoms in total. The second-order valence-corrected chi connectivity index (χ2v) is 22.3. The van der Waals surface area contributed by atoms with Gasteiger partial charge in [-0.15, -0.1) is 22.7 Å². The van der Waals surface area contributed by atoms with Crippen LogP contribution in [-0.4, -0.2) is 0 Å². The third-order valence-electron chi connectivity index (χ3n) is 16.1. The van der Waals surface area contributed by atoms with Gasteiger partial charge in [0, 0.05) is 62.5 Å². The monoisotopic (exact) mass is 1010 g/mol. The number of fused-ring (bicyclic) bond motifs is 6. The first-order valence-electron chi connectivity index (χ1n) is 27.1. The minimum Gasteiger partial charge on any atom is -0.309 e. The molecule has 0 bridgehead atoms. The summed E-state index contributed by atoms with van der Waals surface area (Å²) in [4.78, 5) is 5.15. The number of para-hydroxylation sites is 2. The van der Waals surface area contributed by atoms with Crippen molar-refractivity contribution in [3.63, 3.8) is 0 Å². The van der Waals surface area contributed by atoms with E-state index in [-0.39, 0.29) is 0 Å². The Balaban J connectivity index is 0.966. The molecule has 0 aliphatic rings. The largest absolute Gasteiger partial charge is 0.309 e. The van der Waals surface area contributed by atoms with Crippen LogP contribution in [0.4, 0.5) is 34.1 Å². The molecule has 14 aromatic rings. The van der Waals surface area contributed by atoms with E-state index in [1.54, 1.807) is 0 Å². The summed E-state index contributed by atoms with van der Waals surface area (Å²) < 4.78 is 5.37. The Morgan fingerprint density at radius 3 is 1.07 bits per heavy atom. The van der Waals surface area contributed by atoms with Crippen molar-refractivity contribution in [2.24, 2.45) is 0 Å². The van der Waals surface area contributed by atoms with Gasteiger partial charge in [0.1, 0.15) is 0 Å². The Morgan fingerprint density at radius 1 is 0.316 bits per heavy atom.